The Balaban J connectivity index is 3.22. The number of nitrogens with zero attached hydrogens (tertiary/aromatic N) is 1. The van der Waals surface area contributed by atoms with Crippen molar-refractivity contribution in [3.8, 4) is 0 Å². The van der Waals surface area contributed by atoms with Gasteiger partial charge in [0.25, 0.3) is 0 Å². The number of sulfonamides is 1. The van der Waals surface area contributed by atoms with Gasteiger partial charge in [-0.1, -0.05) is 18.3 Å². The van der Waals surface area contributed by atoms with Gasteiger partial charge in [0, 0.05) is 25.3 Å². The molecule has 5 nitrogen and oxygen atoms in total. The van der Waals surface area contributed by atoms with E-state index in [2.05, 4.69) is 0 Å². The van der Waals surface area contributed by atoms with Gasteiger partial charge in [0.1, 0.15) is 4.99 Å². The molecule has 1 rings (SSSR count). The summed E-state index contributed by atoms with van der Waals surface area (Å²) in [6, 6.07) is 4.64. The largest absolute Gasteiger partial charge is 0.389 e. The highest BCUT2D eigenvalue weighted by atomic mass is 32.2. The highest BCUT2D eigenvalue weighted by Gasteiger charge is 2.27. The van der Waals surface area contributed by atoms with Gasteiger partial charge in [-0.2, -0.15) is 4.31 Å². The van der Waals surface area contributed by atoms with Crippen LogP contribution in [0.5, 0.6) is 0 Å². The molecule has 1 aromatic rings. The molecule has 0 heterocycles. The van der Waals surface area contributed by atoms with E-state index in [1.165, 1.54) is 4.31 Å². The third kappa shape index (κ3) is 4.23. The van der Waals surface area contributed by atoms with Crippen molar-refractivity contribution in [2.75, 3.05) is 20.3 Å². The zero-order valence-electron chi connectivity index (χ0n) is 12.8. The predicted molar refractivity (Wildman–Crippen MR) is 88.0 cm³/mol. The molecule has 1 aromatic carbocycles. The van der Waals surface area contributed by atoms with Crippen molar-refractivity contribution < 1.29 is 13.2 Å². The number of hydrogen-bond donors (Lipinski definition) is 1. The zero-order chi connectivity index (χ0) is 16.2. The number of thiocarbonyl (C=S) groups is 1. The molecule has 21 heavy (non-hydrogen) atoms. The lowest BCUT2D eigenvalue weighted by Gasteiger charge is -2.26. The molecular formula is C14H22N2O3S2. The van der Waals surface area contributed by atoms with Gasteiger partial charge in [-0.3, -0.25) is 0 Å². The quantitative estimate of drug-likeness (QED) is 0.770. The van der Waals surface area contributed by atoms with Crippen LogP contribution in [0.3, 0.4) is 0 Å². The van der Waals surface area contributed by atoms with Crippen molar-refractivity contribution in [3.63, 3.8) is 0 Å². The van der Waals surface area contributed by atoms with E-state index >= 15 is 0 Å². The molecule has 0 aliphatic rings. The average Bonchev–Trinajstić information content (AvgIpc) is 2.37. The molecule has 0 aliphatic carbocycles. The maximum atomic E-state index is 12.7. The Hall–Kier alpha value is -1.02. The van der Waals surface area contributed by atoms with Gasteiger partial charge in [0.05, 0.1) is 11.5 Å². The fraction of sp³-hybridized carbons (Fsp3) is 0.500. The lowest BCUT2D eigenvalue weighted by atomic mass is 10.1. The van der Waals surface area contributed by atoms with Crippen LogP contribution in [0.15, 0.2) is 23.1 Å². The Morgan fingerprint density at radius 1 is 1.43 bits per heavy atom. The Labute approximate surface area is 132 Å². The number of ether oxygens (including phenoxy) is 1. The van der Waals surface area contributed by atoms with Crippen molar-refractivity contribution in [1.82, 2.24) is 4.31 Å². The molecule has 0 saturated carbocycles. The number of rotatable bonds is 7. The molecule has 0 aliphatic heterocycles. The number of methoxy groups -OCH3 is 1. The zero-order valence-corrected chi connectivity index (χ0v) is 14.4. The fourth-order valence-corrected chi connectivity index (χ4v) is 3.98. The van der Waals surface area contributed by atoms with Crippen LogP contribution in [0.25, 0.3) is 0 Å². The van der Waals surface area contributed by atoms with Crippen molar-refractivity contribution in [2.45, 2.75) is 31.7 Å². The number of benzene rings is 1. The molecule has 0 radical (unpaired) electrons. The third-order valence-corrected chi connectivity index (χ3v) is 5.45. The monoisotopic (exact) mass is 330 g/mol. The molecule has 0 amide bonds. The number of hydrogen-bond acceptors (Lipinski definition) is 4. The topological polar surface area (TPSA) is 72.6 Å². The minimum absolute atomic E-state index is 0.152. The first-order valence-electron chi connectivity index (χ1n) is 6.63. The lowest BCUT2D eigenvalue weighted by molar-refractivity contribution is 0.171. The molecule has 0 saturated heterocycles. The van der Waals surface area contributed by atoms with E-state index in [1.54, 1.807) is 32.2 Å². The van der Waals surface area contributed by atoms with E-state index in [1.807, 2.05) is 13.8 Å². The standard InChI is InChI=1S/C14H22N2O3S2/c1-10(2)16(7-8-19-4)21(17,18)12-5-6-13(14(15)20)11(3)9-12/h5-6,9-10H,7-8H2,1-4H3,(H2,15,20). The number of aryl methyl sites for hydroxylation is 1. The second-order valence-electron chi connectivity index (χ2n) is 5.04. The van der Waals surface area contributed by atoms with Crippen LogP contribution < -0.4 is 5.73 Å². The molecule has 118 valence electrons. The predicted octanol–water partition coefficient (Wildman–Crippen LogP) is 1.67. The molecule has 0 bridgehead atoms. The van der Waals surface area contributed by atoms with Crippen LogP contribution in [0.4, 0.5) is 0 Å². The van der Waals surface area contributed by atoms with Gasteiger partial charge >= 0.3 is 0 Å². The fourth-order valence-electron chi connectivity index (χ4n) is 2.05. The van der Waals surface area contributed by atoms with Gasteiger partial charge in [-0.15, -0.1) is 0 Å². The van der Waals surface area contributed by atoms with E-state index in [0.29, 0.717) is 18.7 Å². The van der Waals surface area contributed by atoms with Crippen molar-refractivity contribution in [3.05, 3.63) is 29.3 Å². The highest BCUT2D eigenvalue weighted by molar-refractivity contribution is 7.89. The van der Waals surface area contributed by atoms with Crippen LogP contribution in [0.2, 0.25) is 0 Å². The van der Waals surface area contributed by atoms with Crippen LogP contribution in [0.1, 0.15) is 25.0 Å². The smallest absolute Gasteiger partial charge is 0.243 e. The van der Waals surface area contributed by atoms with Crippen LogP contribution in [-0.2, 0) is 14.8 Å². The third-order valence-electron chi connectivity index (χ3n) is 3.16. The van der Waals surface area contributed by atoms with Gasteiger partial charge in [0.15, 0.2) is 0 Å². The van der Waals surface area contributed by atoms with Crippen LogP contribution in [-0.4, -0.2) is 44.0 Å². The van der Waals surface area contributed by atoms with Crippen molar-refractivity contribution >= 4 is 27.2 Å². The van der Waals surface area contributed by atoms with Crippen molar-refractivity contribution in [2.24, 2.45) is 5.73 Å². The summed E-state index contributed by atoms with van der Waals surface area (Å²) in [7, 11) is -2.02. The molecular weight excluding hydrogens is 308 g/mol. The van der Waals surface area contributed by atoms with Gasteiger partial charge in [0.2, 0.25) is 10.0 Å². The van der Waals surface area contributed by atoms with Crippen molar-refractivity contribution in [1.29, 1.82) is 0 Å². The van der Waals surface area contributed by atoms with E-state index < -0.39 is 10.0 Å². The second kappa shape index (κ2) is 7.31. The SMILES string of the molecule is COCCN(C(C)C)S(=O)(=O)c1ccc(C(N)=S)c(C)c1. The Bertz CT molecular complexity index is 613. The summed E-state index contributed by atoms with van der Waals surface area (Å²) in [6.07, 6.45) is 0. The van der Waals surface area contributed by atoms with E-state index in [9.17, 15) is 8.42 Å². The van der Waals surface area contributed by atoms with Gasteiger partial charge in [-0.25, -0.2) is 8.42 Å². The van der Waals surface area contributed by atoms with Gasteiger partial charge < -0.3 is 10.5 Å². The minimum Gasteiger partial charge on any atom is -0.389 e. The van der Waals surface area contributed by atoms with E-state index in [-0.39, 0.29) is 15.9 Å². The second-order valence-corrected chi connectivity index (χ2v) is 7.37. The molecule has 0 aromatic heterocycles. The number of nitrogens with two attached hydrogens (primary N) is 1. The maximum absolute atomic E-state index is 12.7. The molecule has 7 heteroatoms. The summed E-state index contributed by atoms with van der Waals surface area (Å²) >= 11 is 4.94. The summed E-state index contributed by atoms with van der Waals surface area (Å²) in [5.74, 6) is 0. The van der Waals surface area contributed by atoms with Crippen LogP contribution in [0, 0.1) is 6.92 Å². The van der Waals surface area contributed by atoms with Crippen LogP contribution >= 0.6 is 12.2 Å². The summed E-state index contributed by atoms with van der Waals surface area (Å²) in [5, 5.41) is 0. The summed E-state index contributed by atoms with van der Waals surface area (Å²) in [6.45, 7) is 6.13. The first-order valence-corrected chi connectivity index (χ1v) is 8.48. The minimum atomic E-state index is -3.57. The molecule has 0 unspecified atom stereocenters. The Morgan fingerprint density at radius 3 is 2.48 bits per heavy atom. The first-order chi connectivity index (χ1) is 9.71. The Kier molecular flexibility index (Phi) is 6.27. The summed E-state index contributed by atoms with van der Waals surface area (Å²) in [4.78, 5) is 0.501. The lowest BCUT2D eigenvalue weighted by Crippen LogP contribution is -2.39. The first kappa shape index (κ1) is 18.0. The summed E-state index contributed by atoms with van der Waals surface area (Å²) < 4.78 is 31.8. The van der Waals surface area contributed by atoms with E-state index in [0.717, 1.165) is 5.56 Å². The van der Waals surface area contributed by atoms with E-state index in [4.69, 9.17) is 22.7 Å². The maximum Gasteiger partial charge on any atom is 0.243 e. The molecule has 0 atom stereocenters. The molecule has 2 N–H and O–H groups in total. The molecule has 0 fully saturated rings. The normalized spacial score (nSPS) is 12.1. The molecule has 0 spiro atoms. The van der Waals surface area contributed by atoms with Gasteiger partial charge in [-0.05, 0) is 38.5 Å². The summed E-state index contributed by atoms with van der Waals surface area (Å²) in [5.41, 5.74) is 7.04. The Morgan fingerprint density at radius 2 is 2.05 bits per heavy atom. The highest BCUT2D eigenvalue weighted by Crippen LogP contribution is 2.21. The average molecular weight is 330 g/mol.